The number of carbonyl (C=O) groups is 1. The number of fused-ring (bicyclic) bond motifs is 2. The lowest BCUT2D eigenvalue weighted by Crippen LogP contribution is -2.24. The van der Waals surface area contributed by atoms with Gasteiger partial charge >= 0.3 is 0 Å². The molecule has 162 valence electrons. The van der Waals surface area contributed by atoms with Gasteiger partial charge in [-0.2, -0.15) is 0 Å². The highest BCUT2D eigenvalue weighted by Gasteiger charge is 2.23. The first-order valence-corrected chi connectivity index (χ1v) is 13.0. The van der Waals surface area contributed by atoms with E-state index in [1.807, 2.05) is 19.1 Å². The van der Waals surface area contributed by atoms with Crippen molar-refractivity contribution in [3.8, 4) is 5.69 Å². The van der Waals surface area contributed by atoms with Crippen molar-refractivity contribution in [3.63, 3.8) is 0 Å². The number of thioether (sulfide) groups is 2. The third-order valence-electron chi connectivity index (χ3n) is 4.87. The number of rotatable bonds is 5. The fourth-order valence-corrected chi connectivity index (χ4v) is 6.34. The maximum absolute atomic E-state index is 13.2. The van der Waals surface area contributed by atoms with Crippen LogP contribution in [0, 0.1) is 6.92 Å². The Balaban J connectivity index is 1.39. The normalized spacial score (nSPS) is 12.8. The van der Waals surface area contributed by atoms with Crippen LogP contribution in [0.4, 0.5) is 5.13 Å². The van der Waals surface area contributed by atoms with Gasteiger partial charge in [-0.1, -0.05) is 40.8 Å². The number of nitrogens with zero attached hydrogens (tertiary/aromatic N) is 3. The number of halogens is 1. The van der Waals surface area contributed by atoms with Gasteiger partial charge in [-0.3, -0.25) is 14.2 Å². The molecule has 0 saturated carbocycles. The highest BCUT2D eigenvalue weighted by atomic mass is 35.5. The van der Waals surface area contributed by atoms with Gasteiger partial charge in [0.2, 0.25) is 5.91 Å². The van der Waals surface area contributed by atoms with Crippen LogP contribution in [0.3, 0.4) is 0 Å². The molecule has 0 fully saturated rings. The number of amides is 1. The van der Waals surface area contributed by atoms with E-state index >= 15 is 0 Å². The van der Waals surface area contributed by atoms with Crippen molar-refractivity contribution < 1.29 is 4.79 Å². The lowest BCUT2D eigenvalue weighted by molar-refractivity contribution is -0.113. The van der Waals surface area contributed by atoms with Crippen LogP contribution >= 0.6 is 46.5 Å². The summed E-state index contributed by atoms with van der Waals surface area (Å²) in [6.45, 7) is 2.02. The Hall–Kier alpha value is -2.33. The number of carbonyl (C=O) groups excluding carboxylic acids is 1. The molecule has 2 aromatic carbocycles. The Morgan fingerprint density at radius 2 is 2.03 bits per heavy atom. The summed E-state index contributed by atoms with van der Waals surface area (Å²) in [6.07, 6.45) is 0.752. The maximum Gasteiger partial charge on any atom is 0.272 e. The largest absolute Gasteiger partial charge is 0.301 e. The average molecular weight is 501 g/mol. The van der Waals surface area contributed by atoms with Gasteiger partial charge in [0.1, 0.15) is 0 Å². The van der Waals surface area contributed by atoms with Gasteiger partial charge in [0.25, 0.3) is 5.56 Å². The molecule has 1 N–H and O–H groups in total. The Labute approximate surface area is 201 Å². The Morgan fingerprint density at radius 1 is 1.22 bits per heavy atom. The van der Waals surface area contributed by atoms with Crippen LogP contribution in [0.2, 0.25) is 5.02 Å². The predicted molar refractivity (Wildman–Crippen MR) is 133 cm³/mol. The molecule has 1 aliphatic rings. The minimum atomic E-state index is -0.197. The highest BCUT2D eigenvalue weighted by molar-refractivity contribution is 8.00. The summed E-state index contributed by atoms with van der Waals surface area (Å²) in [4.78, 5) is 35.7. The second kappa shape index (κ2) is 8.90. The Bertz CT molecular complexity index is 1400. The van der Waals surface area contributed by atoms with Crippen LogP contribution in [0.25, 0.3) is 15.9 Å². The van der Waals surface area contributed by atoms with Gasteiger partial charge in [-0.25, -0.2) is 9.97 Å². The third kappa shape index (κ3) is 4.30. The number of nitrogens with one attached hydrogen (secondary N) is 1. The molecule has 0 saturated heterocycles. The summed E-state index contributed by atoms with van der Waals surface area (Å²) >= 11 is 10.2. The first-order valence-electron chi connectivity index (χ1n) is 9.82. The highest BCUT2D eigenvalue weighted by Crippen LogP contribution is 2.31. The van der Waals surface area contributed by atoms with Crippen molar-refractivity contribution >= 4 is 67.7 Å². The smallest absolute Gasteiger partial charge is 0.272 e. The second-order valence-electron chi connectivity index (χ2n) is 7.21. The molecule has 0 atom stereocenters. The molecule has 0 spiro atoms. The predicted octanol–water partition coefficient (Wildman–Crippen LogP) is 5.18. The number of hydrogen-bond donors (Lipinski definition) is 1. The number of benzene rings is 2. The molecule has 0 radical (unpaired) electrons. The third-order valence-corrected chi connectivity index (χ3v) is 8.11. The molecule has 5 rings (SSSR count). The van der Waals surface area contributed by atoms with E-state index in [1.54, 1.807) is 28.8 Å². The molecule has 1 amide bonds. The van der Waals surface area contributed by atoms with Crippen LogP contribution in [0.15, 0.2) is 57.3 Å². The molecular formula is C22H17ClN4O2S3. The van der Waals surface area contributed by atoms with E-state index in [0.717, 1.165) is 33.6 Å². The summed E-state index contributed by atoms with van der Waals surface area (Å²) in [5.74, 6) is 0.752. The van der Waals surface area contributed by atoms with E-state index < -0.39 is 0 Å². The molecule has 0 bridgehead atoms. The summed E-state index contributed by atoms with van der Waals surface area (Å²) in [6, 6.07) is 13.0. The van der Waals surface area contributed by atoms with Crippen molar-refractivity contribution in [2.24, 2.45) is 0 Å². The Kier molecular flexibility index (Phi) is 5.98. The van der Waals surface area contributed by atoms with Gasteiger partial charge in [0.05, 0.1) is 32.2 Å². The second-order valence-corrected chi connectivity index (χ2v) is 10.7. The van der Waals surface area contributed by atoms with E-state index in [1.165, 1.54) is 34.9 Å². The number of hydrogen-bond acceptors (Lipinski definition) is 7. The fraction of sp³-hybridized carbons (Fsp3) is 0.182. The van der Waals surface area contributed by atoms with Crippen molar-refractivity contribution in [2.75, 3.05) is 16.8 Å². The number of aryl methyl sites for hydroxylation is 2. The Morgan fingerprint density at radius 3 is 2.84 bits per heavy atom. The molecule has 10 heteroatoms. The lowest BCUT2D eigenvalue weighted by atomic mass is 10.2. The van der Waals surface area contributed by atoms with E-state index in [-0.39, 0.29) is 17.2 Å². The molecular weight excluding hydrogens is 484 g/mol. The van der Waals surface area contributed by atoms with Gasteiger partial charge in [0.15, 0.2) is 10.3 Å². The minimum Gasteiger partial charge on any atom is -0.301 e. The number of aromatic nitrogens is 3. The van der Waals surface area contributed by atoms with Crippen LogP contribution in [0.5, 0.6) is 0 Å². The van der Waals surface area contributed by atoms with Gasteiger partial charge < -0.3 is 5.32 Å². The standard InChI is InChI=1S/C22H17ClN4O2S3/c1-12-2-7-15-17(10-12)32-21(24-15)26-18(28)11-31-22-25-16-8-9-30-19(16)20(29)27(22)14-5-3-13(23)4-6-14/h2-7,10H,8-9,11H2,1H3,(H,24,26,28). The zero-order chi connectivity index (χ0) is 22.2. The molecule has 4 aromatic rings. The van der Waals surface area contributed by atoms with Gasteiger partial charge in [-0.15, -0.1) is 11.8 Å². The van der Waals surface area contributed by atoms with Gasteiger partial charge in [-0.05, 0) is 48.9 Å². The number of anilines is 1. The molecule has 32 heavy (non-hydrogen) atoms. The monoisotopic (exact) mass is 500 g/mol. The zero-order valence-corrected chi connectivity index (χ0v) is 20.1. The van der Waals surface area contributed by atoms with Gasteiger partial charge in [0, 0.05) is 17.2 Å². The summed E-state index contributed by atoms with van der Waals surface area (Å²) in [7, 11) is 0. The van der Waals surface area contributed by atoms with E-state index in [4.69, 9.17) is 16.6 Å². The summed E-state index contributed by atoms with van der Waals surface area (Å²) in [5.41, 5.74) is 3.37. The lowest BCUT2D eigenvalue weighted by Gasteiger charge is -2.13. The SMILES string of the molecule is Cc1ccc2nc(NC(=O)CSc3nc4c(c(=O)n3-c3ccc(Cl)cc3)SCC4)sc2c1. The van der Waals surface area contributed by atoms with E-state index in [2.05, 4.69) is 16.4 Å². The van der Waals surface area contributed by atoms with Crippen molar-refractivity contribution in [1.29, 1.82) is 0 Å². The van der Waals surface area contributed by atoms with Crippen LogP contribution < -0.4 is 10.9 Å². The van der Waals surface area contributed by atoms with E-state index in [0.29, 0.717) is 25.9 Å². The van der Waals surface area contributed by atoms with Crippen LogP contribution in [-0.4, -0.2) is 31.9 Å². The van der Waals surface area contributed by atoms with Crippen molar-refractivity contribution in [3.05, 3.63) is 69.1 Å². The molecule has 1 aliphatic heterocycles. The van der Waals surface area contributed by atoms with Crippen LogP contribution in [0.1, 0.15) is 11.3 Å². The summed E-state index contributed by atoms with van der Waals surface area (Å²) in [5, 5.41) is 4.51. The molecule has 2 aromatic heterocycles. The first-order chi connectivity index (χ1) is 15.5. The molecule has 0 aliphatic carbocycles. The quantitative estimate of drug-likeness (QED) is 0.300. The van der Waals surface area contributed by atoms with Crippen molar-refractivity contribution in [1.82, 2.24) is 14.5 Å². The number of thiazole rings is 1. The molecule has 6 nitrogen and oxygen atoms in total. The molecule has 3 heterocycles. The topological polar surface area (TPSA) is 76.9 Å². The maximum atomic E-state index is 13.2. The minimum absolute atomic E-state index is 0.107. The van der Waals surface area contributed by atoms with Crippen LogP contribution in [-0.2, 0) is 11.2 Å². The van der Waals surface area contributed by atoms with E-state index in [9.17, 15) is 9.59 Å². The summed E-state index contributed by atoms with van der Waals surface area (Å²) < 4.78 is 2.59. The van der Waals surface area contributed by atoms with Crippen molar-refractivity contribution in [2.45, 2.75) is 23.4 Å². The first kappa shape index (κ1) is 21.5. The zero-order valence-electron chi connectivity index (χ0n) is 16.9. The average Bonchev–Trinajstić information content (AvgIpc) is 3.39. The fourth-order valence-electron chi connectivity index (χ4n) is 3.38. The molecule has 0 unspecified atom stereocenters.